The molecule has 0 radical (unpaired) electrons. The smallest absolute Gasteiger partial charge is 0.263 e. The predicted octanol–water partition coefficient (Wildman–Crippen LogP) is 3.27. The number of aryl methyl sites for hydroxylation is 1. The number of carbonyl (C=O) groups is 1. The molecule has 7 heteroatoms. The van der Waals surface area contributed by atoms with Crippen LogP contribution in [0.1, 0.15) is 28.1 Å². The average Bonchev–Trinajstić information content (AvgIpc) is 3.01. The molecule has 0 unspecified atom stereocenters. The lowest BCUT2D eigenvalue weighted by Crippen LogP contribution is -2.42. The van der Waals surface area contributed by atoms with Gasteiger partial charge in [-0.15, -0.1) is 11.3 Å². The maximum Gasteiger partial charge on any atom is 0.263 e. The largest absolute Gasteiger partial charge is 0.338 e. The Hall–Kier alpha value is -1.73. The number of likely N-dealkylation sites (tertiary alicyclic amines) is 1. The van der Waals surface area contributed by atoms with Gasteiger partial charge in [-0.05, 0) is 61.0 Å². The van der Waals surface area contributed by atoms with Gasteiger partial charge in [0.2, 0.25) is 0 Å². The van der Waals surface area contributed by atoms with Crippen molar-refractivity contribution in [3.05, 3.63) is 52.0 Å². The highest BCUT2D eigenvalue weighted by Gasteiger charge is 2.33. The van der Waals surface area contributed by atoms with E-state index in [9.17, 15) is 17.6 Å². The normalized spacial score (nSPS) is 16.3. The van der Waals surface area contributed by atoms with Crippen LogP contribution in [-0.4, -0.2) is 37.6 Å². The van der Waals surface area contributed by atoms with Crippen molar-refractivity contribution in [1.82, 2.24) is 4.90 Å². The summed E-state index contributed by atoms with van der Waals surface area (Å²) in [7, 11) is -3.49. The van der Waals surface area contributed by atoms with Crippen LogP contribution >= 0.6 is 11.3 Å². The van der Waals surface area contributed by atoms with E-state index in [0.29, 0.717) is 30.8 Å². The van der Waals surface area contributed by atoms with Crippen molar-refractivity contribution in [3.63, 3.8) is 0 Å². The summed E-state index contributed by atoms with van der Waals surface area (Å²) in [5.74, 6) is -0.494. The molecular formula is C17H18FNO3S2. The minimum atomic E-state index is -3.49. The van der Waals surface area contributed by atoms with Gasteiger partial charge in [-0.3, -0.25) is 4.79 Å². The molecule has 1 aromatic heterocycles. The molecule has 128 valence electrons. The molecule has 0 saturated carbocycles. The maximum atomic E-state index is 13.0. The minimum absolute atomic E-state index is 0.0364. The van der Waals surface area contributed by atoms with Crippen LogP contribution in [0.3, 0.4) is 0 Å². The SMILES string of the molecule is Cc1csc(C(=O)N2CCC(S(=O)(=O)c3ccc(F)cc3)CC2)c1. The molecule has 24 heavy (non-hydrogen) atoms. The second kappa shape index (κ2) is 6.64. The lowest BCUT2D eigenvalue weighted by Gasteiger charge is -2.31. The second-order valence-electron chi connectivity index (χ2n) is 5.98. The van der Waals surface area contributed by atoms with Crippen LogP contribution in [0.4, 0.5) is 4.39 Å². The van der Waals surface area contributed by atoms with Crippen molar-refractivity contribution >= 4 is 27.1 Å². The molecule has 1 aliphatic heterocycles. The Labute approximate surface area is 144 Å². The number of nitrogens with zero attached hydrogens (tertiary/aromatic N) is 1. The van der Waals surface area contributed by atoms with E-state index in [4.69, 9.17) is 0 Å². The zero-order chi connectivity index (χ0) is 17.3. The number of rotatable bonds is 3. The van der Waals surface area contributed by atoms with Gasteiger partial charge in [-0.25, -0.2) is 12.8 Å². The van der Waals surface area contributed by atoms with E-state index in [2.05, 4.69) is 0 Å². The fourth-order valence-corrected chi connectivity index (χ4v) is 5.48. The number of carbonyl (C=O) groups excluding carboxylic acids is 1. The van der Waals surface area contributed by atoms with Gasteiger partial charge in [0, 0.05) is 13.1 Å². The minimum Gasteiger partial charge on any atom is -0.338 e. The van der Waals surface area contributed by atoms with Crippen LogP contribution in [-0.2, 0) is 9.84 Å². The summed E-state index contributed by atoms with van der Waals surface area (Å²) in [4.78, 5) is 15.0. The molecule has 3 rings (SSSR count). The second-order valence-corrected chi connectivity index (χ2v) is 9.12. The summed E-state index contributed by atoms with van der Waals surface area (Å²) in [5.41, 5.74) is 1.05. The molecule has 0 N–H and O–H groups in total. The molecule has 4 nitrogen and oxygen atoms in total. The van der Waals surface area contributed by atoms with Gasteiger partial charge in [0.1, 0.15) is 5.82 Å². The van der Waals surface area contributed by atoms with Crippen molar-refractivity contribution in [1.29, 1.82) is 0 Å². The predicted molar refractivity (Wildman–Crippen MR) is 91.6 cm³/mol. The lowest BCUT2D eigenvalue weighted by atomic mass is 10.1. The molecule has 0 spiro atoms. The zero-order valence-corrected chi connectivity index (χ0v) is 14.9. The first kappa shape index (κ1) is 17.1. The number of benzene rings is 1. The highest BCUT2D eigenvalue weighted by atomic mass is 32.2. The molecule has 2 heterocycles. The number of hydrogen-bond donors (Lipinski definition) is 0. The Morgan fingerprint density at radius 2 is 1.83 bits per heavy atom. The number of thiophene rings is 1. The van der Waals surface area contributed by atoms with Crippen LogP contribution in [0.2, 0.25) is 0 Å². The molecule has 1 aliphatic rings. The topological polar surface area (TPSA) is 54.5 Å². The summed E-state index contributed by atoms with van der Waals surface area (Å²) in [6.45, 7) is 2.77. The molecule has 0 atom stereocenters. The van der Waals surface area contributed by atoms with Gasteiger partial charge in [-0.2, -0.15) is 0 Å². The van der Waals surface area contributed by atoms with Gasteiger partial charge in [0.15, 0.2) is 9.84 Å². The highest BCUT2D eigenvalue weighted by molar-refractivity contribution is 7.92. The molecule has 1 fully saturated rings. The summed E-state index contributed by atoms with van der Waals surface area (Å²) in [6.07, 6.45) is 0.797. The fourth-order valence-electron chi connectivity index (χ4n) is 2.89. The van der Waals surface area contributed by atoms with Crippen molar-refractivity contribution < 1.29 is 17.6 Å². The van der Waals surface area contributed by atoms with E-state index >= 15 is 0 Å². The fraction of sp³-hybridized carbons (Fsp3) is 0.353. The monoisotopic (exact) mass is 367 g/mol. The maximum absolute atomic E-state index is 13.0. The summed E-state index contributed by atoms with van der Waals surface area (Å²) in [6, 6.07) is 6.77. The molecule has 1 aromatic carbocycles. The number of hydrogen-bond acceptors (Lipinski definition) is 4. The number of piperidine rings is 1. The Kier molecular flexibility index (Phi) is 4.73. The standard InChI is InChI=1S/C17H18FNO3S2/c1-12-10-16(23-11-12)17(20)19-8-6-15(7-9-19)24(21,22)14-4-2-13(18)3-5-14/h2-5,10-11,15H,6-9H2,1H3. The molecule has 1 amide bonds. The van der Waals surface area contributed by atoms with E-state index in [1.54, 1.807) is 4.90 Å². The number of sulfone groups is 1. The summed E-state index contributed by atoms with van der Waals surface area (Å²) in [5, 5.41) is 1.40. The third kappa shape index (κ3) is 3.37. The zero-order valence-electron chi connectivity index (χ0n) is 13.2. The lowest BCUT2D eigenvalue weighted by molar-refractivity contribution is 0.0730. The van der Waals surface area contributed by atoms with Crippen LogP contribution in [0, 0.1) is 12.7 Å². The first-order chi connectivity index (χ1) is 11.4. The molecule has 2 aromatic rings. The van der Waals surface area contributed by atoms with Crippen molar-refractivity contribution in [3.8, 4) is 0 Å². The van der Waals surface area contributed by atoms with Crippen molar-refractivity contribution in [2.75, 3.05) is 13.1 Å². The van der Waals surface area contributed by atoms with Crippen LogP contribution in [0.5, 0.6) is 0 Å². The van der Waals surface area contributed by atoms with Crippen LogP contribution in [0.25, 0.3) is 0 Å². The Morgan fingerprint density at radius 1 is 1.21 bits per heavy atom. The van der Waals surface area contributed by atoms with E-state index in [1.165, 1.54) is 23.5 Å². The first-order valence-corrected chi connectivity index (χ1v) is 10.1. The molecule has 1 saturated heterocycles. The van der Waals surface area contributed by atoms with E-state index < -0.39 is 20.9 Å². The molecule has 0 bridgehead atoms. The third-order valence-corrected chi connectivity index (χ3v) is 7.57. The van der Waals surface area contributed by atoms with Crippen LogP contribution < -0.4 is 0 Å². The Bertz CT molecular complexity index is 835. The van der Waals surface area contributed by atoms with Crippen molar-refractivity contribution in [2.24, 2.45) is 0 Å². The first-order valence-electron chi connectivity index (χ1n) is 7.72. The quantitative estimate of drug-likeness (QED) is 0.783. The van der Waals surface area contributed by atoms with Gasteiger partial charge in [-0.1, -0.05) is 0 Å². The van der Waals surface area contributed by atoms with E-state index in [0.717, 1.165) is 17.7 Å². The van der Waals surface area contributed by atoms with Gasteiger partial charge in [0.25, 0.3) is 5.91 Å². The van der Waals surface area contributed by atoms with Crippen LogP contribution in [0.15, 0.2) is 40.6 Å². The molecule has 0 aliphatic carbocycles. The Balaban J connectivity index is 1.68. The van der Waals surface area contributed by atoms with Gasteiger partial charge >= 0.3 is 0 Å². The number of amides is 1. The van der Waals surface area contributed by atoms with Crippen molar-refractivity contribution in [2.45, 2.75) is 29.9 Å². The third-order valence-electron chi connectivity index (χ3n) is 4.25. The highest BCUT2D eigenvalue weighted by Crippen LogP contribution is 2.26. The average molecular weight is 367 g/mol. The van der Waals surface area contributed by atoms with E-state index in [-0.39, 0.29) is 10.8 Å². The van der Waals surface area contributed by atoms with Gasteiger partial charge < -0.3 is 4.90 Å². The summed E-state index contributed by atoms with van der Waals surface area (Å²) < 4.78 is 38.2. The summed E-state index contributed by atoms with van der Waals surface area (Å²) >= 11 is 1.41. The Morgan fingerprint density at radius 3 is 2.38 bits per heavy atom. The van der Waals surface area contributed by atoms with Gasteiger partial charge in [0.05, 0.1) is 15.0 Å². The number of halogens is 1. The molecular weight excluding hydrogens is 349 g/mol. The van der Waals surface area contributed by atoms with E-state index in [1.807, 2.05) is 18.4 Å².